The van der Waals surface area contributed by atoms with E-state index in [1.165, 1.54) is 34.9 Å². The molecule has 0 atom stereocenters. The second kappa shape index (κ2) is 8.97. The Bertz CT molecular complexity index is 915. The maximum Gasteiger partial charge on any atom is 0.266 e. The van der Waals surface area contributed by atoms with Gasteiger partial charge in [-0.05, 0) is 42.1 Å². The fourth-order valence-electron chi connectivity index (χ4n) is 2.39. The van der Waals surface area contributed by atoms with E-state index < -0.39 is 5.82 Å². The second-order valence-electron chi connectivity index (χ2n) is 5.63. The smallest absolute Gasteiger partial charge is 0.266 e. The van der Waals surface area contributed by atoms with Crippen molar-refractivity contribution in [2.24, 2.45) is 0 Å². The van der Waals surface area contributed by atoms with E-state index in [1.54, 1.807) is 11.3 Å². The van der Waals surface area contributed by atoms with Gasteiger partial charge < -0.3 is 5.32 Å². The van der Waals surface area contributed by atoms with Crippen LogP contribution in [0.2, 0.25) is 5.02 Å². The Balaban J connectivity index is 1.51. The average Bonchev–Trinajstić information content (AvgIpc) is 3.22. The normalized spacial score (nSPS) is 15.6. The van der Waals surface area contributed by atoms with E-state index in [0.717, 1.165) is 4.88 Å². The quantitative estimate of drug-likeness (QED) is 0.498. The maximum atomic E-state index is 13.1. The van der Waals surface area contributed by atoms with Crippen LogP contribution in [0.5, 0.6) is 0 Å². The summed E-state index contributed by atoms with van der Waals surface area (Å²) in [6.07, 6.45) is 2.49. The van der Waals surface area contributed by atoms with E-state index in [-0.39, 0.29) is 23.3 Å². The molecule has 1 N–H and O–H groups in total. The van der Waals surface area contributed by atoms with Crippen molar-refractivity contribution >= 4 is 74.8 Å². The van der Waals surface area contributed by atoms with Crippen LogP contribution in [-0.4, -0.2) is 27.6 Å². The minimum absolute atomic E-state index is 0.0529. The third-order valence-electron chi connectivity index (χ3n) is 3.68. The van der Waals surface area contributed by atoms with Gasteiger partial charge in [0.1, 0.15) is 10.1 Å². The Hall–Kier alpha value is -1.74. The van der Waals surface area contributed by atoms with Gasteiger partial charge in [0.05, 0.1) is 9.93 Å². The van der Waals surface area contributed by atoms with Crippen LogP contribution < -0.4 is 5.32 Å². The third-order valence-corrected chi connectivity index (χ3v) is 6.17. The molecular formula is C18H14ClFN2O2S3. The molecular weight excluding hydrogens is 427 g/mol. The number of anilines is 1. The summed E-state index contributed by atoms with van der Waals surface area (Å²) in [6.45, 7) is 0.365. The van der Waals surface area contributed by atoms with Gasteiger partial charge in [0.25, 0.3) is 5.91 Å². The van der Waals surface area contributed by atoms with E-state index in [1.807, 2.05) is 23.6 Å². The Labute approximate surface area is 174 Å². The molecule has 1 aromatic carbocycles. The number of amides is 2. The number of rotatable bonds is 6. The van der Waals surface area contributed by atoms with Crippen LogP contribution >= 0.6 is 46.9 Å². The van der Waals surface area contributed by atoms with E-state index in [2.05, 4.69) is 5.32 Å². The van der Waals surface area contributed by atoms with Crippen molar-refractivity contribution in [2.75, 3.05) is 11.9 Å². The van der Waals surface area contributed by atoms with Gasteiger partial charge in [-0.2, -0.15) is 0 Å². The highest BCUT2D eigenvalue weighted by atomic mass is 35.5. The van der Waals surface area contributed by atoms with E-state index in [9.17, 15) is 14.0 Å². The molecule has 0 saturated carbocycles. The third kappa shape index (κ3) is 5.16. The number of carbonyl (C=O) groups excluding carboxylic acids is 2. The lowest BCUT2D eigenvalue weighted by Crippen LogP contribution is -2.29. The molecule has 0 radical (unpaired) electrons. The van der Waals surface area contributed by atoms with Crippen LogP contribution in [0.4, 0.5) is 10.1 Å². The molecule has 1 aliphatic rings. The first-order valence-electron chi connectivity index (χ1n) is 7.98. The topological polar surface area (TPSA) is 49.4 Å². The predicted molar refractivity (Wildman–Crippen MR) is 113 cm³/mol. The highest BCUT2D eigenvalue weighted by molar-refractivity contribution is 8.26. The summed E-state index contributed by atoms with van der Waals surface area (Å²) in [5.41, 5.74) is 0.427. The van der Waals surface area contributed by atoms with Gasteiger partial charge in [-0.15, -0.1) is 11.3 Å². The number of nitrogens with one attached hydrogen (secondary N) is 1. The maximum absolute atomic E-state index is 13.1. The van der Waals surface area contributed by atoms with Crippen LogP contribution in [0, 0.1) is 5.82 Å². The van der Waals surface area contributed by atoms with Gasteiger partial charge in [0, 0.05) is 23.5 Å². The summed E-state index contributed by atoms with van der Waals surface area (Å²) < 4.78 is 13.6. The minimum Gasteiger partial charge on any atom is -0.326 e. The Kier molecular flexibility index (Phi) is 6.64. The van der Waals surface area contributed by atoms with Gasteiger partial charge in [0.15, 0.2) is 0 Å². The number of thioether (sulfide) groups is 1. The minimum atomic E-state index is -0.542. The van der Waals surface area contributed by atoms with E-state index in [4.69, 9.17) is 23.8 Å². The lowest BCUT2D eigenvalue weighted by Gasteiger charge is -2.14. The fourth-order valence-corrected chi connectivity index (χ4v) is 4.60. The number of carbonyl (C=O) groups is 2. The summed E-state index contributed by atoms with van der Waals surface area (Å²) in [5, 5.41) is 4.55. The molecule has 1 aromatic heterocycles. The lowest BCUT2D eigenvalue weighted by atomic mass is 10.2. The first kappa shape index (κ1) is 20.0. The molecule has 2 aromatic rings. The Morgan fingerprint density at radius 2 is 2.19 bits per heavy atom. The monoisotopic (exact) mass is 440 g/mol. The Morgan fingerprint density at radius 3 is 2.89 bits per heavy atom. The second-order valence-corrected chi connectivity index (χ2v) is 8.69. The van der Waals surface area contributed by atoms with Gasteiger partial charge >= 0.3 is 0 Å². The van der Waals surface area contributed by atoms with Crippen molar-refractivity contribution in [1.82, 2.24) is 4.90 Å². The summed E-state index contributed by atoms with van der Waals surface area (Å²) in [5.74, 6) is -0.916. The van der Waals surface area contributed by atoms with Crippen molar-refractivity contribution in [2.45, 2.75) is 12.8 Å². The molecule has 9 heteroatoms. The van der Waals surface area contributed by atoms with Crippen molar-refractivity contribution in [3.8, 4) is 0 Å². The number of halogens is 2. The average molecular weight is 441 g/mol. The molecule has 0 aliphatic carbocycles. The first-order chi connectivity index (χ1) is 12.9. The number of hydrogen-bond acceptors (Lipinski definition) is 5. The molecule has 140 valence electrons. The fraction of sp³-hybridized carbons (Fsp3) is 0.167. The van der Waals surface area contributed by atoms with E-state index in [0.29, 0.717) is 27.9 Å². The van der Waals surface area contributed by atoms with Crippen LogP contribution in [0.15, 0.2) is 40.6 Å². The predicted octanol–water partition coefficient (Wildman–Crippen LogP) is 5.16. The van der Waals surface area contributed by atoms with E-state index >= 15 is 0 Å². The van der Waals surface area contributed by atoms with Gasteiger partial charge in [-0.25, -0.2) is 4.39 Å². The van der Waals surface area contributed by atoms with Crippen molar-refractivity contribution in [3.63, 3.8) is 0 Å². The molecule has 27 heavy (non-hydrogen) atoms. The number of thiocarbonyl (C=S) groups is 1. The molecule has 2 heterocycles. The standard InChI is InChI=1S/C18H14ClFN2O2S3/c19-13-9-11(5-6-14(13)20)21-16(23)4-1-7-22-17(24)15(27-18(22)25)10-12-3-2-8-26-12/h2-3,5-6,8-10H,1,4,7H2,(H,21,23)/b15-10+. The Morgan fingerprint density at radius 1 is 1.37 bits per heavy atom. The van der Waals surface area contributed by atoms with Crippen molar-refractivity contribution in [3.05, 3.63) is 56.3 Å². The molecule has 2 amide bonds. The van der Waals surface area contributed by atoms with Crippen LogP contribution in [0.1, 0.15) is 17.7 Å². The summed E-state index contributed by atoms with van der Waals surface area (Å²) in [6, 6.07) is 7.84. The highest BCUT2D eigenvalue weighted by Gasteiger charge is 2.31. The first-order valence-corrected chi connectivity index (χ1v) is 10.5. The number of nitrogens with zero attached hydrogens (tertiary/aromatic N) is 1. The summed E-state index contributed by atoms with van der Waals surface area (Å²) in [7, 11) is 0. The SMILES string of the molecule is O=C(CCCN1C(=O)/C(=C\c2cccs2)SC1=S)Nc1ccc(F)c(Cl)c1. The molecule has 1 fully saturated rings. The number of thiophene rings is 1. The molecule has 3 rings (SSSR count). The lowest BCUT2D eigenvalue weighted by molar-refractivity contribution is -0.122. The number of hydrogen-bond donors (Lipinski definition) is 1. The molecule has 1 saturated heterocycles. The molecule has 0 bridgehead atoms. The van der Waals surface area contributed by atoms with Crippen molar-refractivity contribution in [1.29, 1.82) is 0 Å². The molecule has 4 nitrogen and oxygen atoms in total. The van der Waals surface area contributed by atoms with Crippen molar-refractivity contribution < 1.29 is 14.0 Å². The van der Waals surface area contributed by atoms with Gasteiger partial charge in [-0.3, -0.25) is 14.5 Å². The van der Waals surface area contributed by atoms with Crippen LogP contribution in [0.25, 0.3) is 6.08 Å². The number of benzene rings is 1. The highest BCUT2D eigenvalue weighted by Crippen LogP contribution is 2.33. The zero-order chi connectivity index (χ0) is 19.4. The summed E-state index contributed by atoms with van der Waals surface area (Å²) in [4.78, 5) is 27.6. The largest absolute Gasteiger partial charge is 0.326 e. The molecule has 1 aliphatic heterocycles. The van der Waals surface area contributed by atoms with Crippen LogP contribution in [0.3, 0.4) is 0 Å². The van der Waals surface area contributed by atoms with Gasteiger partial charge in [-0.1, -0.05) is 41.6 Å². The zero-order valence-corrected chi connectivity index (χ0v) is 17.1. The van der Waals surface area contributed by atoms with Crippen LogP contribution in [-0.2, 0) is 9.59 Å². The zero-order valence-electron chi connectivity index (χ0n) is 13.9. The summed E-state index contributed by atoms with van der Waals surface area (Å²) >= 11 is 13.8. The van der Waals surface area contributed by atoms with Gasteiger partial charge in [0.2, 0.25) is 5.91 Å². The molecule has 0 spiro atoms. The molecule has 0 unspecified atom stereocenters.